The number of rotatable bonds is 4. The van der Waals surface area contributed by atoms with Crippen molar-refractivity contribution in [1.29, 1.82) is 5.26 Å². The van der Waals surface area contributed by atoms with Crippen molar-refractivity contribution in [2.24, 2.45) is 0 Å². The Bertz CT molecular complexity index is 373. The minimum Gasteiger partial charge on any atom is -0.353 e. The van der Waals surface area contributed by atoms with Crippen LogP contribution in [0.1, 0.15) is 13.3 Å². The summed E-state index contributed by atoms with van der Waals surface area (Å²) in [6.07, 6.45) is 1.25. The molecule has 0 bridgehead atoms. The zero-order valence-electron chi connectivity index (χ0n) is 8.37. The first-order valence-corrected chi connectivity index (χ1v) is 4.62. The summed E-state index contributed by atoms with van der Waals surface area (Å²) >= 11 is 0. The number of aromatic nitrogens is 1. The second kappa shape index (κ2) is 5.25. The van der Waals surface area contributed by atoms with Crippen LogP contribution < -0.4 is 4.90 Å². The number of hydrogen-bond donors (Lipinski definition) is 0. The van der Waals surface area contributed by atoms with E-state index in [1.165, 1.54) is 0 Å². The van der Waals surface area contributed by atoms with Crippen LogP contribution in [0.2, 0.25) is 0 Å². The quantitative estimate of drug-likeness (QED) is 0.765. The average molecular weight is 211 g/mol. The van der Waals surface area contributed by atoms with Crippen molar-refractivity contribution >= 4 is 5.82 Å². The van der Waals surface area contributed by atoms with Gasteiger partial charge in [0.1, 0.15) is 5.82 Å². The van der Waals surface area contributed by atoms with Gasteiger partial charge in [-0.05, 0) is 6.92 Å². The molecular formula is C10H11F2N3. The molecule has 0 aliphatic rings. The second-order valence-electron chi connectivity index (χ2n) is 2.95. The number of nitrogens with zero attached hydrogens (tertiary/aromatic N) is 3. The molecule has 0 saturated heterocycles. The van der Waals surface area contributed by atoms with E-state index in [1.54, 1.807) is 4.90 Å². The van der Waals surface area contributed by atoms with Crippen LogP contribution in [0.4, 0.5) is 14.6 Å². The van der Waals surface area contributed by atoms with Crippen molar-refractivity contribution in [3.05, 3.63) is 23.9 Å². The normalized spacial score (nSPS) is 9.73. The molecule has 80 valence electrons. The Morgan fingerprint density at radius 1 is 1.53 bits per heavy atom. The van der Waals surface area contributed by atoms with Crippen molar-refractivity contribution in [2.75, 3.05) is 18.0 Å². The van der Waals surface area contributed by atoms with Crippen molar-refractivity contribution in [2.45, 2.75) is 13.3 Å². The minimum absolute atomic E-state index is 0.0918. The molecule has 15 heavy (non-hydrogen) atoms. The number of nitriles is 1. The van der Waals surface area contributed by atoms with Gasteiger partial charge in [0.15, 0.2) is 11.6 Å². The van der Waals surface area contributed by atoms with Crippen LogP contribution in [0.25, 0.3) is 0 Å². The van der Waals surface area contributed by atoms with Gasteiger partial charge in [0.25, 0.3) is 0 Å². The molecule has 1 rings (SSSR count). The summed E-state index contributed by atoms with van der Waals surface area (Å²) in [6.45, 7) is 2.74. The van der Waals surface area contributed by atoms with E-state index < -0.39 is 11.6 Å². The maximum Gasteiger partial charge on any atom is 0.168 e. The first-order chi connectivity index (χ1) is 7.19. The van der Waals surface area contributed by atoms with Gasteiger partial charge in [-0.1, -0.05) is 0 Å². The third-order valence-electron chi connectivity index (χ3n) is 1.96. The van der Waals surface area contributed by atoms with Crippen molar-refractivity contribution in [3.63, 3.8) is 0 Å². The monoisotopic (exact) mass is 211 g/mol. The van der Waals surface area contributed by atoms with Crippen molar-refractivity contribution in [1.82, 2.24) is 4.98 Å². The van der Waals surface area contributed by atoms with E-state index in [-0.39, 0.29) is 12.2 Å². The van der Waals surface area contributed by atoms with Crippen molar-refractivity contribution in [3.8, 4) is 6.07 Å². The highest BCUT2D eigenvalue weighted by Gasteiger charge is 2.11. The molecule has 0 aliphatic carbocycles. The summed E-state index contributed by atoms with van der Waals surface area (Å²) in [5, 5.41) is 8.42. The maximum absolute atomic E-state index is 13.3. The molecule has 1 heterocycles. The number of anilines is 1. The standard InChI is InChI=1S/C10H11F2N3/c1-2-15(5-3-4-13)10-9(12)6-8(11)7-14-10/h6-7H,2-3,5H2,1H3. The summed E-state index contributed by atoms with van der Waals surface area (Å²) in [4.78, 5) is 5.26. The molecule has 0 amide bonds. The summed E-state index contributed by atoms with van der Waals surface area (Å²) in [5.74, 6) is -1.31. The molecule has 0 saturated carbocycles. The van der Waals surface area contributed by atoms with Crippen LogP contribution in [0.15, 0.2) is 12.3 Å². The summed E-state index contributed by atoms with van der Waals surface area (Å²) in [7, 11) is 0. The van der Waals surface area contributed by atoms with Crippen LogP contribution in [-0.4, -0.2) is 18.1 Å². The predicted molar refractivity (Wildman–Crippen MR) is 52.3 cm³/mol. The van der Waals surface area contributed by atoms with Gasteiger partial charge in [-0.2, -0.15) is 5.26 Å². The Balaban J connectivity index is 2.87. The molecule has 0 spiro atoms. The van der Waals surface area contributed by atoms with Crippen LogP contribution in [0, 0.1) is 23.0 Å². The molecule has 0 fully saturated rings. The molecule has 0 atom stereocenters. The largest absolute Gasteiger partial charge is 0.353 e. The Morgan fingerprint density at radius 3 is 2.80 bits per heavy atom. The fourth-order valence-electron chi connectivity index (χ4n) is 1.24. The SMILES string of the molecule is CCN(CCC#N)c1ncc(F)cc1F. The molecule has 0 radical (unpaired) electrons. The lowest BCUT2D eigenvalue weighted by Crippen LogP contribution is -2.25. The third-order valence-corrected chi connectivity index (χ3v) is 1.96. The lowest BCUT2D eigenvalue weighted by atomic mass is 10.3. The van der Waals surface area contributed by atoms with Gasteiger partial charge in [-0.15, -0.1) is 0 Å². The van der Waals surface area contributed by atoms with Crippen LogP contribution >= 0.6 is 0 Å². The molecule has 1 aromatic rings. The van der Waals surface area contributed by atoms with E-state index in [9.17, 15) is 8.78 Å². The van der Waals surface area contributed by atoms with E-state index in [2.05, 4.69) is 4.98 Å². The highest BCUT2D eigenvalue weighted by Crippen LogP contribution is 2.16. The molecule has 5 heteroatoms. The summed E-state index contributed by atoms with van der Waals surface area (Å²) < 4.78 is 25.9. The molecule has 3 nitrogen and oxygen atoms in total. The van der Waals surface area contributed by atoms with Gasteiger partial charge in [-0.3, -0.25) is 0 Å². The van der Waals surface area contributed by atoms with Gasteiger partial charge in [0, 0.05) is 19.2 Å². The lowest BCUT2D eigenvalue weighted by molar-refractivity contribution is 0.567. The van der Waals surface area contributed by atoms with Crippen molar-refractivity contribution < 1.29 is 8.78 Å². The van der Waals surface area contributed by atoms with E-state index in [0.717, 1.165) is 12.3 Å². The topological polar surface area (TPSA) is 39.9 Å². The lowest BCUT2D eigenvalue weighted by Gasteiger charge is -2.20. The Hall–Kier alpha value is -1.70. The van der Waals surface area contributed by atoms with Gasteiger partial charge >= 0.3 is 0 Å². The first-order valence-electron chi connectivity index (χ1n) is 4.62. The average Bonchev–Trinajstić information content (AvgIpc) is 2.21. The number of halogens is 2. The highest BCUT2D eigenvalue weighted by molar-refractivity contribution is 5.39. The minimum atomic E-state index is -0.701. The van der Waals surface area contributed by atoms with Gasteiger partial charge in [0.2, 0.25) is 0 Å². The zero-order chi connectivity index (χ0) is 11.3. The molecular weight excluding hydrogens is 200 g/mol. The molecule has 1 aromatic heterocycles. The van der Waals surface area contributed by atoms with Crippen LogP contribution in [-0.2, 0) is 0 Å². The van der Waals surface area contributed by atoms with Crippen LogP contribution in [0.5, 0.6) is 0 Å². The summed E-state index contributed by atoms with van der Waals surface area (Å²) in [6, 6.07) is 2.76. The Labute approximate surface area is 87.0 Å². The number of pyridine rings is 1. The summed E-state index contributed by atoms with van der Waals surface area (Å²) in [5.41, 5.74) is 0. The Kier molecular flexibility index (Phi) is 3.98. The smallest absolute Gasteiger partial charge is 0.168 e. The fourth-order valence-corrected chi connectivity index (χ4v) is 1.24. The van der Waals surface area contributed by atoms with E-state index >= 15 is 0 Å². The van der Waals surface area contributed by atoms with Gasteiger partial charge in [0.05, 0.1) is 18.7 Å². The van der Waals surface area contributed by atoms with E-state index in [0.29, 0.717) is 13.1 Å². The predicted octanol–water partition coefficient (Wildman–Crippen LogP) is 2.10. The fraction of sp³-hybridized carbons (Fsp3) is 0.400. The second-order valence-corrected chi connectivity index (χ2v) is 2.95. The van der Waals surface area contributed by atoms with E-state index in [1.807, 2.05) is 13.0 Å². The molecule has 0 aliphatic heterocycles. The molecule has 0 aromatic carbocycles. The maximum atomic E-state index is 13.3. The van der Waals surface area contributed by atoms with E-state index in [4.69, 9.17) is 5.26 Å². The van der Waals surface area contributed by atoms with Gasteiger partial charge < -0.3 is 4.90 Å². The number of hydrogen-bond acceptors (Lipinski definition) is 3. The van der Waals surface area contributed by atoms with Gasteiger partial charge in [-0.25, -0.2) is 13.8 Å². The Morgan fingerprint density at radius 2 is 2.27 bits per heavy atom. The third kappa shape index (κ3) is 2.88. The van der Waals surface area contributed by atoms with Crippen LogP contribution in [0.3, 0.4) is 0 Å². The molecule has 0 unspecified atom stereocenters. The highest BCUT2D eigenvalue weighted by atomic mass is 19.1. The zero-order valence-corrected chi connectivity index (χ0v) is 8.37. The first kappa shape index (κ1) is 11.4. The molecule has 0 N–H and O–H groups in total.